The fourth-order valence-electron chi connectivity index (χ4n) is 1.84. The van der Waals surface area contributed by atoms with Crippen molar-refractivity contribution < 1.29 is 9.90 Å². The number of carbonyl (C=O) groups excluding carboxylic acids is 1. The van der Waals surface area contributed by atoms with Gasteiger partial charge in [0, 0.05) is 24.7 Å². The van der Waals surface area contributed by atoms with Crippen LogP contribution in [0.1, 0.15) is 21.9 Å². The molecule has 0 unspecified atom stereocenters. The van der Waals surface area contributed by atoms with E-state index >= 15 is 0 Å². The molecule has 19 heavy (non-hydrogen) atoms. The Balaban J connectivity index is 2.28. The predicted molar refractivity (Wildman–Crippen MR) is 73.2 cm³/mol. The van der Waals surface area contributed by atoms with Gasteiger partial charge in [-0.2, -0.15) is 5.10 Å². The van der Waals surface area contributed by atoms with E-state index in [1.165, 1.54) is 11.3 Å². The molecule has 0 bridgehead atoms. The summed E-state index contributed by atoms with van der Waals surface area (Å²) in [7, 11) is 1.88. The number of amides is 1. The van der Waals surface area contributed by atoms with Crippen LogP contribution >= 0.6 is 11.3 Å². The van der Waals surface area contributed by atoms with Crippen molar-refractivity contribution in [2.24, 2.45) is 7.05 Å². The van der Waals surface area contributed by atoms with Crippen LogP contribution in [0.4, 0.5) is 0 Å². The Morgan fingerprint density at radius 1 is 1.53 bits per heavy atom. The van der Waals surface area contributed by atoms with E-state index in [9.17, 15) is 4.79 Å². The van der Waals surface area contributed by atoms with E-state index in [1.807, 2.05) is 20.9 Å². The molecule has 0 aliphatic carbocycles. The summed E-state index contributed by atoms with van der Waals surface area (Å²) in [5.74, 6) is -0.268. The SMILES string of the molecule is Cc1nn(C)c(C)c1-c1nc(C(=O)NCCO)cs1. The molecule has 0 saturated heterocycles. The monoisotopic (exact) mass is 280 g/mol. The number of hydrogen-bond donors (Lipinski definition) is 2. The molecule has 0 fully saturated rings. The van der Waals surface area contributed by atoms with Gasteiger partial charge in [-0.3, -0.25) is 9.48 Å². The average molecular weight is 280 g/mol. The second-order valence-electron chi connectivity index (χ2n) is 4.19. The van der Waals surface area contributed by atoms with Crippen molar-refractivity contribution in [2.75, 3.05) is 13.2 Å². The molecule has 2 rings (SSSR count). The number of aliphatic hydroxyl groups excluding tert-OH is 1. The van der Waals surface area contributed by atoms with Crippen LogP contribution < -0.4 is 5.32 Å². The van der Waals surface area contributed by atoms with Crippen LogP contribution in [0.5, 0.6) is 0 Å². The largest absolute Gasteiger partial charge is 0.395 e. The summed E-state index contributed by atoms with van der Waals surface area (Å²) in [6, 6.07) is 0. The smallest absolute Gasteiger partial charge is 0.270 e. The third-order valence-corrected chi connectivity index (χ3v) is 3.72. The first-order chi connectivity index (χ1) is 9.04. The van der Waals surface area contributed by atoms with E-state index in [0.29, 0.717) is 5.69 Å². The number of hydrogen-bond acceptors (Lipinski definition) is 5. The first-order valence-corrected chi connectivity index (χ1v) is 6.77. The van der Waals surface area contributed by atoms with Crippen molar-refractivity contribution in [2.45, 2.75) is 13.8 Å². The molecule has 2 aromatic heterocycles. The van der Waals surface area contributed by atoms with Gasteiger partial charge in [-0.1, -0.05) is 0 Å². The van der Waals surface area contributed by atoms with Gasteiger partial charge in [-0.25, -0.2) is 4.98 Å². The number of aromatic nitrogens is 3. The zero-order valence-electron chi connectivity index (χ0n) is 11.1. The summed E-state index contributed by atoms with van der Waals surface area (Å²) in [6.07, 6.45) is 0. The van der Waals surface area contributed by atoms with E-state index in [0.717, 1.165) is 22.0 Å². The standard InChI is InChI=1S/C12H16N4O2S/c1-7-10(8(2)16(3)15-7)12-14-9(6-19-12)11(18)13-4-5-17/h6,17H,4-5H2,1-3H3,(H,13,18). The number of thiazole rings is 1. The zero-order valence-corrected chi connectivity index (χ0v) is 11.9. The van der Waals surface area contributed by atoms with Crippen LogP contribution in [0.25, 0.3) is 10.6 Å². The second kappa shape index (κ2) is 5.50. The highest BCUT2D eigenvalue weighted by atomic mass is 32.1. The summed E-state index contributed by atoms with van der Waals surface area (Å²) < 4.78 is 1.80. The van der Waals surface area contributed by atoms with Crippen molar-refractivity contribution in [1.29, 1.82) is 0 Å². The minimum absolute atomic E-state index is 0.0798. The van der Waals surface area contributed by atoms with Crippen LogP contribution in [-0.2, 0) is 7.05 Å². The summed E-state index contributed by atoms with van der Waals surface area (Å²) in [5.41, 5.74) is 3.27. The van der Waals surface area contributed by atoms with Gasteiger partial charge < -0.3 is 10.4 Å². The molecule has 102 valence electrons. The quantitative estimate of drug-likeness (QED) is 0.871. The molecule has 6 nitrogen and oxygen atoms in total. The maximum Gasteiger partial charge on any atom is 0.270 e. The van der Waals surface area contributed by atoms with E-state index in [1.54, 1.807) is 10.1 Å². The number of nitrogens with zero attached hydrogens (tertiary/aromatic N) is 3. The Hall–Kier alpha value is -1.73. The third kappa shape index (κ3) is 2.66. The van der Waals surface area contributed by atoms with Crippen molar-refractivity contribution >= 4 is 17.2 Å². The van der Waals surface area contributed by atoms with Gasteiger partial charge >= 0.3 is 0 Å². The lowest BCUT2D eigenvalue weighted by Crippen LogP contribution is -2.26. The molecule has 7 heteroatoms. The highest BCUT2D eigenvalue weighted by Crippen LogP contribution is 2.29. The predicted octanol–water partition coefficient (Wildman–Crippen LogP) is 0.883. The normalized spacial score (nSPS) is 10.7. The van der Waals surface area contributed by atoms with Gasteiger partial charge in [-0.05, 0) is 13.8 Å². The van der Waals surface area contributed by atoms with Crippen LogP contribution in [0.15, 0.2) is 5.38 Å². The summed E-state index contributed by atoms with van der Waals surface area (Å²) in [6.45, 7) is 4.05. The first-order valence-electron chi connectivity index (χ1n) is 5.89. The van der Waals surface area contributed by atoms with E-state index in [2.05, 4.69) is 15.4 Å². The lowest BCUT2D eigenvalue weighted by Gasteiger charge is -1.99. The molecular formula is C12H16N4O2S. The zero-order chi connectivity index (χ0) is 14.0. The summed E-state index contributed by atoms with van der Waals surface area (Å²) >= 11 is 1.42. The lowest BCUT2D eigenvalue weighted by molar-refractivity contribution is 0.0940. The molecule has 2 N–H and O–H groups in total. The molecule has 2 heterocycles. The molecule has 0 aliphatic heterocycles. The Kier molecular flexibility index (Phi) is 3.96. The number of carbonyl (C=O) groups is 1. The summed E-state index contributed by atoms with van der Waals surface area (Å²) in [4.78, 5) is 16.1. The summed E-state index contributed by atoms with van der Waals surface area (Å²) in [5, 5.41) is 18.1. The minimum atomic E-state index is -0.268. The van der Waals surface area contributed by atoms with Gasteiger partial charge in [0.15, 0.2) is 0 Å². The third-order valence-electron chi connectivity index (χ3n) is 2.86. The van der Waals surface area contributed by atoms with Crippen LogP contribution in [0.2, 0.25) is 0 Å². The Morgan fingerprint density at radius 3 is 2.84 bits per heavy atom. The molecule has 1 amide bonds. The highest BCUT2D eigenvalue weighted by Gasteiger charge is 2.17. The topological polar surface area (TPSA) is 80.0 Å². The first kappa shape index (κ1) is 13.7. The van der Waals surface area contributed by atoms with Crippen molar-refractivity contribution in [1.82, 2.24) is 20.1 Å². The highest BCUT2D eigenvalue weighted by molar-refractivity contribution is 7.13. The van der Waals surface area contributed by atoms with Gasteiger partial charge in [-0.15, -0.1) is 11.3 Å². The van der Waals surface area contributed by atoms with Crippen LogP contribution in [0, 0.1) is 13.8 Å². The second-order valence-corrected chi connectivity index (χ2v) is 5.04. The van der Waals surface area contributed by atoms with Crippen molar-refractivity contribution in [3.05, 3.63) is 22.5 Å². The Morgan fingerprint density at radius 2 is 2.26 bits per heavy atom. The Bertz CT molecular complexity index is 603. The Labute approximate surface area is 115 Å². The number of nitrogens with one attached hydrogen (secondary N) is 1. The van der Waals surface area contributed by atoms with Gasteiger partial charge in [0.2, 0.25) is 0 Å². The van der Waals surface area contributed by atoms with Crippen molar-refractivity contribution in [3.63, 3.8) is 0 Å². The number of rotatable bonds is 4. The molecule has 0 saturated carbocycles. The number of aryl methyl sites for hydroxylation is 2. The van der Waals surface area contributed by atoms with Crippen molar-refractivity contribution in [3.8, 4) is 10.6 Å². The average Bonchev–Trinajstić information content (AvgIpc) is 2.93. The molecule has 0 atom stereocenters. The van der Waals surface area contributed by atoms with Gasteiger partial charge in [0.05, 0.1) is 17.9 Å². The fraction of sp³-hybridized carbons (Fsp3) is 0.417. The molecule has 0 aromatic carbocycles. The van der Waals surface area contributed by atoms with Gasteiger partial charge in [0.1, 0.15) is 10.7 Å². The molecule has 0 aliphatic rings. The fourth-order valence-corrected chi connectivity index (χ4v) is 2.78. The number of aliphatic hydroxyl groups is 1. The van der Waals surface area contributed by atoms with E-state index in [-0.39, 0.29) is 19.1 Å². The molecule has 0 spiro atoms. The van der Waals surface area contributed by atoms with Crippen LogP contribution in [0.3, 0.4) is 0 Å². The molecule has 0 radical (unpaired) electrons. The minimum Gasteiger partial charge on any atom is -0.395 e. The van der Waals surface area contributed by atoms with Crippen LogP contribution in [-0.4, -0.2) is 38.9 Å². The molecular weight excluding hydrogens is 264 g/mol. The van der Waals surface area contributed by atoms with E-state index < -0.39 is 0 Å². The van der Waals surface area contributed by atoms with E-state index in [4.69, 9.17) is 5.11 Å². The van der Waals surface area contributed by atoms with Gasteiger partial charge in [0.25, 0.3) is 5.91 Å². The molecule has 2 aromatic rings. The maximum atomic E-state index is 11.7. The lowest BCUT2D eigenvalue weighted by atomic mass is 10.2. The maximum absolute atomic E-state index is 11.7.